The van der Waals surface area contributed by atoms with Gasteiger partial charge in [-0.2, -0.15) is 13.2 Å². The van der Waals surface area contributed by atoms with Crippen LogP contribution < -0.4 is 10.6 Å². The summed E-state index contributed by atoms with van der Waals surface area (Å²) in [5.41, 5.74) is -0.0604. The molecular formula is C24H25ClF3N5O. The summed E-state index contributed by atoms with van der Waals surface area (Å²) in [5.74, 6) is 1.37. The third kappa shape index (κ3) is 6.15. The zero-order valence-corrected chi connectivity index (χ0v) is 19.1. The lowest BCUT2D eigenvalue weighted by Crippen LogP contribution is -2.39. The molecule has 0 aliphatic heterocycles. The maximum absolute atomic E-state index is 13.0. The molecule has 2 aromatic carbocycles. The number of nitrogens with one attached hydrogen (secondary N) is 3. The second-order valence-electron chi connectivity index (χ2n) is 8.50. The molecule has 1 aliphatic carbocycles. The number of alkyl halides is 3. The Kier molecular flexibility index (Phi) is 7.53. The summed E-state index contributed by atoms with van der Waals surface area (Å²) in [7, 11) is 0. The molecule has 4 rings (SSSR count). The Hall–Kier alpha value is -2.91. The molecule has 1 amide bonds. The topological polar surface area (TPSA) is 82.7 Å². The van der Waals surface area contributed by atoms with Gasteiger partial charge in [0.2, 0.25) is 0 Å². The van der Waals surface area contributed by atoms with Crippen LogP contribution in [0.1, 0.15) is 47.4 Å². The van der Waals surface area contributed by atoms with Gasteiger partial charge in [0.1, 0.15) is 5.82 Å². The first-order valence-corrected chi connectivity index (χ1v) is 11.5. The Balaban J connectivity index is 1.21. The van der Waals surface area contributed by atoms with Crippen molar-refractivity contribution in [2.24, 2.45) is 5.92 Å². The number of H-pyrrole nitrogens is 1. The van der Waals surface area contributed by atoms with E-state index in [0.29, 0.717) is 12.5 Å². The number of amides is 1. The number of hydrogen-bond donors (Lipinski definition) is 3. The largest absolute Gasteiger partial charge is 0.416 e. The van der Waals surface area contributed by atoms with Crippen molar-refractivity contribution < 1.29 is 18.0 Å². The van der Waals surface area contributed by atoms with E-state index in [9.17, 15) is 18.0 Å². The number of benzene rings is 2. The van der Waals surface area contributed by atoms with E-state index in [1.165, 1.54) is 0 Å². The second kappa shape index (κ2) is 10.6. The maximum atomic E-state index is 13.0. The van der Waals surface area contributed by atoms with Gasteiger partial charge >= 0.3 is 6.18 Å². The van der Waals surface area contributed by atoms with Crippen molar-refractivity contribution in [2.45, 2.75) is 44.4 Å². The van der Waals surface area contributed by atoms with E-state index in [4.69, 9.17) is 11.6 Å². The van der Waals surface area contributed by atoms with Gasteiger partial charge in [-0.05, 0) is 56.3 Å². The molecule has 1 fully saturated rings. The van der Waals surface area contributed by atoms with E-state index in [1.807, 2.05) is 30.3 Å². The fourth-order valence-electron chi connectivity index (χ4n) is 4.15. The van der Waals surface area contributed by atoms with Crippen molar-refractivity contribution in [2.75, 3.05) is 6.54 Å². The molecule has 0 saturated heterocycles. The molecule has 1 aliphatic rings. The second-order valence-corrected chi connectivity index (χ2v) is 8.91. The van der Waals surface area contributed by atoms with Gasteiger partial charge in [-0.25, -0.2) is 0 Å². The van der Waals surface area contributed by atoms with Crippen LogP contribution in [0.3, 0.4) is 0 Å². The van der Waals surface area contributed by atoms with Crippen LogP contribution in [0.25, 0.3) is 11.4 Å². The van der Waals surface area contributed by atoms with E-state index < -0.39 is 17.6 Å². The molecule has 1 saturated carbocycles. The van der Waals surface area contributed by atoms with Gasteiger partial charge < -0.3 is 15.6 Å². The van der Waals surface area contributed by atoms with Crippen molar-refractivity contribution in [1.82, 2.24) is 25.8 Å². The molecule has 0 unspecified atom stereocenters. The minimum absolute atomic E-state index is 0.00576. The number of halogens is 4. The molecule has 1 aromatic heterocycles. The summed E-state index contributed by atoms with van der Waals surface area (Å²) in [6.07, 6.45) is -1.20. The quantitative estimate of drug-likeness (QED) is 0.423. The lowest BCUT2D eigenvalue weighted by molar-refractivity contribution is -0.137. The van der Waals surface area contributed by atoms with Gasteiger partial charge in [0, 0.05) is 11.6 Å². The van der Waals surface area contributed by atoms with Crippen LogP contribution in [0.5, 0.6) is 0 Å². The molecule has 0 spiro atoms. The Morgan fingerprint density at radius 1 is 1.06 bits per heavy atom. The zero-order chi connectivity index (χ0) is 24.1. The van der Waals surface area contributed by atoms with E-state index in [0.717, 1.165) is 67.6 Å². The summed E-state index contributed by atoms with van der Waals surface area (Å²) in [5, 5.41) is 14.6. The van der Waals surface area contributed by atoms with E-state index in [2.05, 4.69) is 25.8 Å². The maximum Gasteiger partial charge on any atom is 0.416 e. The number of carbonyl (C=O) groups is 1. The predicted octanol–water partition coefficient (Wildman–Crippen LogP) is 5.22. The number of hydrogen-bond acceptors (Lipinski definition) is 4. The molecule has 3 aromatic rings. The number of aromatic nitrogens is 3. The highest BCUT2D eigenvalue weighted by Crippen LogP contribution is 2.32. The van der Waals surface area contributed by atoms with Crippen molar-refractivity contribution >= 4 is 17.5 Å². The summed E-state index contributed by atoms with van der Waals surface area (Å²) < 4.78 is 38.9. The van der Waals surface area contributed by atoms with Gasteiger partial charge in [-0.1, -0.05) is 41.9 Å². The first-order valence-electron chi connectivity index (χ1n) is 11.1. The zero-order valence-electron chi connectivity index (χ0n) is 18.3. The highest BCUT2D eigenvalue weighted by molar-refractivity contribution is 6.33. The van der Waals surface area contributed by atoms with Crippen molar-refractivity contribution in [3.8, 4) is 11.4 Å². The van der Waals surface area contributed by atoms with E-state index >= 15 is 0 Å². The van der Waals surface area contributed by atoms with E-state index in [1.54, 1.807) is 0 Å². The fraction of sp³-hybridized carbons (Fsp3) is 0.375. The molecule has 0 radical (unpaired) electrons. The molecule has 10 heteroatoms. The van der Waals surface area contributed by atoms with Gasteiger partial charge in [-0.3, -0.25) is 4.79 Å². The van der Waals surface area contributed by atoms with Gasteiger partial charge in [0.15, 0.2) is 5.82 Å². The Labute approximate surface area is 200 Å². The SMILES string of the molecule is O=C(NC1CCC(CNCc2nnc(-c3ccccc3)[nH]2)CC1)c1cc(C(F)(F)F)ccc1Cl. The summed E-state index contributed by atoms with van der Waals surface area (Å²) in [4.78, 5) is 15.8. The minimum Gasteiger partial charge on any atom is -0.349 e. The molecule has 34 heavy (non-hydrogen) atoms. The monoisotopic (exact) mass is 491 g/mol. The molecule has 180 valence electrons. The number of rotatable bonds is 7. The molecule has 3 N–H and O–H groups in total. The lowest BCUT2D eigenvalue weighted by Gasteiger charge is -2.29. The average Bonchev–Trinajstić information content (AvgIpc) is 3.29. The van der Waals surface area contributed by atoms with Gasteiger partial charge in [0.05, 0.1) is 22.7 Å². The Morgan fingerprint density at radius 2 is 1.79 bits per heavy atom. The highest BCUT2D eigenvalue weighted by atomic mass is 35.5. The highest BCUT2D eigenvalue weighted by Gasteiger charge is 2.32. The van der Waals surface area contributed by atoms with Crippen LogP contribution in [-0.2, 0) is 12.7 Å². The van der Waals surface area contributed by atoms with Crippen LogP contribution >= 0.6 is 11.6 Å². The summed E-state index contributed by atoms with van der Waals surface area (Å²) >= 11 is 5.98. The lowest BCUT2D eigenvalue weighted by atomic mass is 9.86. The third-order valence-electron chi connectivity index (χ3n) is 6.03. The molecule has 0 bridgehead atoms. The standard InChI is InChI=1S/C24H25ClF3N5O/c25-20-11-8-17(24(26,27)28)12-19(20)23(34)30-18-9-6-15(7-10-18)13-29-14-21-31-22(33-32-21)16-4-2-1-3-5-16/h1-5,8,11-12,15,18,29H,6-7,9-10,13-14H2,(H,30,34)(H,31,32,33). The minimum atomic E-state index is -4.53. The van der Waals surface area contributed by atoms with Crippen molar-refractivity contribution in [3.63, 3.8) is 0 Å². The van der Waals surface area contributed by atoms with Crippen molar-refractivity contribution in [1.29, 1.82) is 0 Å². The number of nitrogens with zero attached hydrogens (tertiary/aromatic N) is 2. The van der Waals surface area contributed by atoms with Crippen LogP contribution in [0.4, 0.5) is 13.2 Å². The predicted molar refractivity (Wildman–Crippen MR) is 123 cm³/mol. The molecular weight excluding hydrogens is 467 g/mol. The molecule has 0 atom stereocenters. The number of carbonyl (C=O) groups excluding carboxylic acids is 1. The van der Waals surface area contributed by atoms with E-state index in [-0.39, 0.29) is 16.6 Å². The first-order chi connectivity index (χ1) is 16.3. The normalized spacial score (nSPS) is 18.6. The van der Waals surface area contributed by atoms with Crippen LogP contribution in [-0.4, -0.2) is 33.7 Å². The summed E-state index contributed by atoms with van der Waals surface area (Å²) in [6.45, 7) is 1.38. The first kappa shape index (κ1) is 24.2. The Bertz CT molecular complexity index is 1110. The smallest absolute Gasteiger partial charge is 0.349 e. The van der Waals surface area contributed by atoms with Crippen molar-refractivity contribution in [3.05, 3.63) is 70.5 Å². The fourth-order valence-corrected chi connectivity index (χ4v) is 4.35. The Morgan fingerprint density at radius 3 is 2.50 bits per heavy atom. The van der Waals surface area contributed by atoms with Gasteiger partial charge in [-0.15, -0.1) is 10.2 Å². The van der Waals surface area contributed by atoms with Gasteiger partial charge in [0.25, 0.3) is 5.91 Å². The summed E-state index contributed by atoms with van der Waals surface area (Å²) in [6, 6.07) is 12.5. The third-order valence-corrected chi connectivity index (χ3v) is 6.36. The molecule has 1 heterocycles. The molecule has 6 nitrogen and oxygen atoms in total. The number of aromatic amines is 1. The van der Waals surface area contributed by atoms with Crippen LogP contribution in [0, 0.1) is 5.92 Å². The average molecular weight is 492 g/mol. The van der Waals surface area contributed by atoms with Crippen LogP contribution in [0.15, 0.2) is 48.5 Å². The van der Waals surface area contributed by atoms with Crippen LogP contribution in [0.2, 0.25) is 5.02 Å².